The number of aromatic nitrogens is 3. The highest BCUT2D eigenvalue weighted by molar-refractivity contribution is 5.79. The second-order valence-electron chi connectivity index (χ2n) is 7.77. The topological polar surface area (TPSA) is 120 Å². The molecule has 1 aliphatic heterocycles. The van der Waals surface area contributed by atoms with E-state index in [0.29, 0.717) is 57.0 Å². The van der Waals surface area contributed by atoms with Gasteiger partial charge in [-0.15, -0.1) is 0 Å². The Balaban J connectivity index is 1.55. The molecule has 1 saturated heterocycles. The molecule has 3 rings (SSSR count). The smallest absolute Gasteiger partial charge is 0.191 e. The molecule has 170 valence electrons. The van der Waals surface area contributed by atoms with Gasteiger partial charge in [-0.05, 0) is 38.1 Å². The van der Waals surface area contributed by atoms with E-state index in [-0.39, 0.29) is 0 Å². The van der Waals surface area contributed by atoms with Crippen molar-refractivity contribution in [2.75, 3.05) is 53.0 Å². The van der Waals surface area contributed by atoms with Crippen LogP contribution >= 0.6 is 0 Å². The third kappa shape index (κ3) is 7.20. The van der Waals surface area contributed by atoms with Crippen LogP contribution in [-0.4, -0.2) is 89.8 Å². The molecule has 31 heavy (non-hydrogen) atoms. The van der Waals surface area contributed by atoms with Crippen molar-refractivity contribution < 1.29 is 14.6 Å². The molecule has 2 aromatic rings. The van der Waals surface area contributed by atoms with Crippen LogP contribution in [0.3, 0.4) is 0 Å². The third-order valence-electron chi connectivity index (χ3n) is 4.92. The summed E-state index contributed by atoms with van der Waals surface area (Å²) < 4.78 is 10.6. The van der Waals surface area contributed by atoms with E-state index in [9.17, 15) is 5.11 Å². The molecule has 0 amide bonds. The summed E-state index contributed by atoms with van der Waals surface area (Å²) in [5.41, 5.74) is 0.0119. The monoisotopic (exact) mass is 431 g/mol. The lowest BCUT2D eigenvalue weighted by atomic mass is 10.1. The minimum absolute atomic E-state index is 0.337. The molecule has 1 aromatic carbocycles. The highest BCUT2D eigenvalue weighted by atomic mass is 16.5. The summed E-state index contributed by atoms with van der Waals surface area (Å²) in [5.74, 6) is 2.67. The number of methoxy groups -OCH3 is 1. The molecular formula is C21H33N7O3. The highest BCUT2D eigenvalue weighted by Gasteiger charge is 2.25. The van der Waals surface area contributed by atoms with E-state index in [1.165, 1.54) is 0 Å². The van der Waals surface area contributed by atoms with E-state index in [1.807, 2.05) is 38.1 Å². The van der Waals surface area contributed by atoms with Gasteiger partial charge in [-0.3, -0.25) is 10.00 Å². The first-order valence-electron chi connectivity index (χ1n) is 10.6. The molecule has 0 aliphatic carbocycles. The van der Waals surface area contributed by atoms with Crippen molar-refractivity contribution in [3.8, 4) is 17.1 Å². The van der Waals surface area contributed by atoms with Crippen LogP contribution in [0.4, 0.5) is 0 Å². The number of hydrogen-bond donors (Lipinski definition) is 4. The Hall–Kier alpha value is -2.69. The van der Waals surface area contributed by atoms with Crippen molar-refractivity contribution in [1.82, 2.24) is 30.7 Å². The number of hydrogen-bond acceptors (Lipinski definition) is 7. The molecule has 0 saturated carbocycles. The third-order valence-corrected chi connectivity index (χ3v) is 4.92. The fraction of sp³-hybridized carbons (Fsp3) is 0.571. The summed E-state index contributed by atoms with van der Waals surface area (Å²) in [6.45, 7) is 8.94. The maximum atomic E-state index is 10.8. The minimum atomic E-state index is -0.888. The van der Waals surface area contributed by atoms with Gasteiger partial charge in [0.25, 0.3) is 0 Å². The van der Waals surface area contributed by atoms with Gasteiger partial charge in [0.05, 0.1) is 25.9 Å². The van der Waals surface area contributed by atoms with Gasteiger partial charge < -0.3 is 25.2 Å². The SMILES string of the molecule is CCNC(=NCc1nc(-c2ccc(OC)cc2)n[nH]1)NCC(C)(O)CN1CCOCC1. The lowest BCUT2D eigenvalue weighted by Gasteiger charge is -2.34. The maximum Gasteiger partial charge on any atom is 0.191 e. The van der Waals surface area contributed by atoms with Gasteiger partial charge in [0.1, 0.15) is 18.1 Å². The fourth-order valence-corrected chi connectivity index (χ4v) is 3.30. The molecule has 0 bridgehead atoms. The summed E-state index contributed by atoms with van der Waals surface area (Å²) in [4.78, 5) is 11.3. The van der Waals surface area contributed by atoms with Crippen LogP contribution in [-0.2, 0) is 11.3 Å². The summed E-state index contributed by atoms with van der Waals surface area (Å²) in [6, 6.07) is 7.58. The van der Waals surface area contributed by atoms with Crippen molar-refractivity contribution in [2.45, 2.75) is 26.0 Å². The zero-order valence-corrected chi connectivity index (χ0v) is 18.5. The van der Waals surface area contributed by atoms with Crippen molar-refractivity contribution >= 4 is 5.96 Å². The first kappa shape index (κ1) is 23.0. The maximum absolute atomic E-state index is 10.8. The number of nitrogens with one attached hydrogen (secondary N) is 3. The number of aliphatic hydroxyl groups is 1. The number of aromatic amines is 1. The van der Waals surface area contributed by atoms with Crippen molar-refractivity contribution in [1.29, 1.82) is 0 Å². The van der Waals surface area contributed by atoms with Gasteiger partial charge >= 0.3 is 0 Å². The van der Waals surface area contributed by atoms with E-state index < -0.39 is 5.60 Å². The second-order valence-corrected chi connectivity index (χ2v) is 7.77. The summed E-state index contributed by atoms with van der Waals surface area (Å²) in [7, 11) is 1.63. The van der Waals surface area contributed by atoms with Crippen molar-refractivity contribution in [3.63, 3.8) is 0 Å². The van der Waals surface area contributed by atoms with Gasteiger partial charge in [-0.2, -0.15) is 5.10 Å². The molecule has 1 atom stereocenters. The van der Waals surface area contributed by atoms with Crippen LogP contribution in [0.15, 0.2) is 29.3 Å². The molecular weight excluding hydrogens is 398 g/mol. The minimum Gasteiger partial charge on any atom is -0.497 e. The van der Waals surface area contributed by atoms with Crippen LogP contribution < -0.4 is 15.4 Å². The number of ether oxygens (including phenoxy) is 2. The Bertz CT molecular complexity index is 830. The Morgan fingerprint density at radius 1 is 1.29 bits per heavy atom. The molecule has 10 heteroatoms. The van der Waals surface area contributed by atoms with Crippen LogP contribution in [0.25, 0.3) is 11.4 Å². The first-order valence-corrected chi connectivity index (χ1v) is 10.6. The summed E-state index contributed by atoms with van der Waals surface area (Å²) in [6.07, 6.45) is 0. The zero-order valence-electron chi connectivity index (χ0n) is 18.5. The number of guanidine groups is 1. The molecule has 1 unspecified atom stereocenters. The van der Waals surface area contributed by atoms with Gasteiger partial charge in [0.15, 0.2) is 11.8 Å². The Labute approximate surface area is 183 Å². The lowest BCUT2D eigenvalue weighted by molar-refractivity contribution is -0.0201. The van der Waals surface area contributed by atoms with Crippen LogP contribution in [0.2, 0.25) is 0 Å². The zero-order chi connectivity index (χ0) is 22.1. The number of β-amino-alcohol motifs (C(OH)–C–C–N with tert-alkyl or cyclic N) is 1. The van der Waals surface area contributed by atoms with E-state index in [1.54, 1.807) is 7.11 Å². The number of H-pyrrole nitrogens is 1. The quantitative estimate of drug-likeness (QED) is 0.337. The average Bonchev–Trinajstić information content (AvgIpc) is 3.25. The molecule has 1 aromatic heterocycles. The van der Waals surface area contributed by atoms with E-state index in [4.69, 9.17) is 9.47 Å². The van der Waals surface area contributed by atoms with E-state index in [2.05, 4.69) is 35.7 Å². The van der Waals surface area contributed by atoms with E-state index in [0.717, 1.165) is 24.4 Å². The predicted octanol–water partition coefficient (Wildman–Crippen LogP) is 0.619. The molecule has 2 heterocycles. The normalized spacial score (nSPS) is 17.2. The van der Waals surface area contributed by atoms with Crippen molar-refractivity contribution in [2.24, 2.45) is 4.99 Å². The first-order chi connectivity index (χ1) is 15.0. The van der Waals surface area contributed by atoms with Gasteiger partial charge in [0, 0.05) is 38.3 Å². The molecule has 0 spiro atoms. The van der Waals surface area contributed by atoms with Gasteiger partial charge in [0.2, 0.25) is 0 Å². The molecule has 4 N–H and O–H groups in total. The molecule has 10 nitrogen and oxygen atoms in total. The van der Waals surface area contributed by atoms with Gasteiger partial charge in [-0.25, -0.2) is 9.98 Å². The number of morpholine rings is 1. The molecule has 1 fully saturated rings. The van der Waals surface area contributed by atoms with Gasteiger partial charge in [-0.1, -0.05) is 0 Å². The summed E-state index contributed by atoms with van der Waals surface area (Å²) in [5, 5.41) is 24.4. The highest BCUT2D eigenvalue weighted by Crippen LogP contribution is 2.19. The second kappa shape index (κ2) is 11.1. The number of nitrogens with zero attached hydrogens (tertiary/aromatic N) is 4. The lowest BCUT2D eigenvalue weighted by Crippen LogP contribution is -2.52. The number of aliphatic imine (C=N–C) groups is 1. The van der Waals surface area contributed by atoms with E-state index >= 15 is 0 Å². The Morgan fingerprint density at radius 2 is 2.03 bits per heavy atom. The van der Waals surface area contributed by atoms with Crippen LogP contribution in [0.5, 0.6) is 5.75 Å². The molecule has 0 radical (unpaired) electrons. The Kier molecular flexibility index (Phi) is 8.21. The van der Waals surface area contributed by atoms with Crippen LogP contribution in [0.1, 0.15) is 19.7 Å². The largest absolute Gasteiger partial charge is 0.497 e. The fourth-order valence-electron chi connectivity index (χ4n) is 3.30. The van der Waals surface area contributed by atoms with Crippen molar-refractivity contribution in [3.05, 3.63) is 30.1 Å². The number of benzene rings is 1. The predicted molar refractivity (Wildman–Crippen MR) is 119 cm³/mol. The molecule has 1 aliphatic rings. The Morgan fingerprint density at radius 3 is 2.71 bits per heavy atom. The summed E-state index contributed by atoms with van der Waals surface area (Å²) >= 11 is 0. The standard InChI is InChI=1S/C21H33N7O3/c1-4-22-20(24-14-21(2,29)15-28-9-11-31-12-10-28)23-13-18-25-19(27-26-18)16-5-7-17(30-3)8-6-16/h5-8,29H,4,9-15H2,1-3H3,(H2,22,23,24)(H,25,26,27). The van der Waals surface area contributed by atoms with Crippen LogP contribution in [0, 0.1) is 0 Å². The average molecular weight is 432 g/mol. The number of rotatable bonds is 9.